The van der Waals surface area contributed by atoms with Crippen LogP contribution >= 0.6 is 7.92 Å². The van der Waals surface area contributed by atoms with Gasteiger partial charge in [0.05, 0.1) is 0 Å². The highest BCUT2D eigenvalue weighted by Crippen LogP contribution is 2.35. The van der Waals surface area contributed by atoms with Gasteiger partial charge in [-0.25, -0.2) is 0 Å². The van der Waals surface area contributed by atoms with Crippen molar-refractivity contribution in [2.45, 2.75) is 0 Å². The largest absolute Gasteiger partial charge is 0.157 e. The van der Waals surface area contributed by atoms with Crippen molar-refractivity contribution in [2.75, 3.05) is 0 Å². The van der Waals surface area contributed by atoms with Crippen molar-refractivity contribution < 1.29 is 0 Å². The van der Waals surface area contributed by atoms with Gasteiger partial charge in [-0.15, -0.1) is 0 Å². The molecule has 20 heavy (non-hydrogen) atoms. The van der Waals surface area contributed by atoms with Crippen LogP contribution in [-0.4, -0.2) is 8.80 Å². The first-order chi connectivity index (χ1) is 9.95. The zero-order valence-electron chi connectivity index (χ0n) is 10.9. The van der Waals surface area contributed by atoms with Crippen LogP contribution < -0.4 is 31.5 Å². The summed E-state index contributed by atoms with van der Waals surface area (Å²) < 4.78 is 0. The molecule has 0 amide bonds. The van der Waals surface area contributed by atoms with Gasteiger partial charge in [-0.1, -0.05) is 72.8 Å². The fourth-order valence-corrected chi connectivity index (χ4v) is 10.6. The number of rotatable bonds is 0. The maximum atomic E-state index is 2.37. The molecule has 1 radical (unpaired) electrons. The van der Waals surface area contributed by atoms with Gasteiger partial charge >= 0.3 is 0 Å². The topological polar surface area (TPSA) is 0 Å². The Hall–Kier alpha value is -1.69. The second kappa shape index (κ2) is 3.91. The van der Waals surface area contributed by atoms with Crippen LogP contribution in [0.15, 0.2) is 72.8 Å². The molecular weight excluding hydrogens is 275 g/mol. The second-order valence-electron chi connectivity index (χ2n) is 5.26. The maximum absolute atomic E-state index is 2.37. The van der Waals surface area contributed by atoms with Crippen molar-refractivity contribution in [3.8, 4) is 0 Å². The summed E-state index contributed by atoms with van der Waals surface area (Å²) in [4.78, 5) is 0. The average Bonchev–Trinajstić information content (AvgIpc) is 2.54. The number of hydrogen-bond acceptors (Lipinski definition) is 0. The molecule has 3 aliphatic rings. The zero-order valence-corrected chi connectivity index (χ0v) is 12.8. The molecular formula is C18H12PSi. The summed E-state index contributed by atoms with van der Waals surface area (Å²) in [6.07, 6.45) is 0. The van der Waals surface area contributed by atoms with E-state index in [1.807, 2.05) is 0 Å². The smallest absolute Gasteiger partial charge is 0.0623 e. The van der Waals surface area contributed by atoms with E-state index in [9.17, 15) is 0 Å². The van der Waals surface area contributed by atoms with Crippen LogP contribution in [0, 0.1) is 0 Å². The van der Waals surface area contributed by atoms with Crippen LogP contribution in [0.3, 0.4) is 0 Å². The van der Waals surface area contributed by atoms with E-state index in [2.05, 4.69) is 72.8 Å². The summed E-state index contributed by atoms with van der Waals surface area (Å²) in [5.41, 5.74) is 0. The third-order valence-corrected chi connectivity index (χ3v) is 10.4. The highest BCUT2D eigenvalue weighted by atomic mass is 31.1. The maximum Gasteiger partial charge on any atom is 0.157 e. The minimum atomic E-state index is -0.775. The third-order valence-electron chi connectivity index (χ3n) is 4.24. The lowest BCUT2D eigenvalue weighted by Gasteiger charge is -2.40. The van der Waals surface area contributed by atoms with Gasteiger partial charge in [-0.2, -0.15) is 0 Å². The minimum Gasteiger partial charge on any atom is -0.0623 e. The lowest BCUT2D eigenvalue weighted by Crippen LogP contribution is -2.71. The first kappa shape index (κ1) is 11.0. The summed E-state index contributed by atoms with van der Waals surface area (Å²) in [7, 11) is -1.10. The van der Waals surface area contributed by atoms with Gasteiger partial charge in [0.2, 0.25) is 0 Å². The van der Waals surface area contributed by atoms with E-state index in [4.69, 9.17) is 0 Å². The average molecular weight is 287 g/mol. The monoisotopic (exact) mass is 287 g/mol. The summed E-state index contributed by atoms with van der Waals surface area (Å²) in [6.45, 7) is 0. The summed E-state index contributed by atoms with van der Waals surface area (Å²) >= 11 is 0. The van der Waals surface area contributed by atoms with Gasteiger partial charge in [-0.3, -0.25) is 0 Å². The van der Waals surface area contributed by atoms with Gasteiger partial charge in [0, 0.05) is 0 Å². The van der Waals surface area contributed by atoms with E-state index in [0.29, 0.717) is 0 Å². The highest BCUT2D eigenvalue weighted by molar-refractivity contribution is 7.83. The van der Waals surface area contributed by atoms with Gasteiger partial charge < -0.3 is 0 Å². The number of benzene rings is 3. The van der Waals surface area contributed by atoms with Gasteiger partial charge in [0.1, 0.15) is 0 Å². The van der Waals surface area contributed by atoms with Crippen LogP contribution in [0.2, 0.25) is 0 Å². The number of hydrogen-bond donors (Lipinski definition) is 0. The fraction of sp³-hybridized carbons (Fsp3) is 0. The predicted octanol–water partition coefficient (Wildman–Crippen LogP) is 0.588. The molecule has 3 aromatic carbocycles. The van der Waals surface area contributed by atoms with Crippen molar-refractivity contribution >= 4 is 48.2 Å². The second-order valence-corrected chi connectivity index (χ2v) is 9.74. The van der Waals surface area contributed by atoms with E-state index >= 15 is 0 Å². The molecule has 0 fully saturated rings. The van der Waals surface area contributed by atoms with E-state index in [1.54, 1.807) is 31.5 Å². The molecule has 0 nitrogen and oxygen atoms in total. The van der Waals surface area contributed by atoms with Crippen molar-refractivity contribution in [1.29, 1.82) is 0 Å². The first-order valence-corrected chi connectivity index (χ1v) is 9.74. The van der Waals surface area contributed by atoms with Gasteiger partial charge in [-0.05, 0) is 39.4 Å². The predicted molar refractivity (Wildman–Crippen MR) is 89.8 cm³/mol. The molecule has 0 aromatic heterocycles. The Bertz CT molecular complexity index is 658. The summed E-state index contributed by atoms with van der Waals surface area (Å²) in [5.74, 6) is 0. The van der Waals surface area contributed by atoms with Crippen LogP contribution in [0.25, 0.3) is 0 Å². The molecule has 0 spiro atoms. The molecule has 2 bridgehead atoms. The Balaban J connectivity index is 1.93. The Morgan fingerprint density at radius 2 is 0.850 bits per heavy atom. The third kappa shape index (κ3) is 1.25. The summed E-state index contributed by atoms with van der Waals surface area (Å²) in [5, 5.41) is 9.69. The SMILES string of the molecule is c1ccc2c(c1)[Si]1c3ccccc3P2c2ccccc21. The molecule has 0 saturated carbocycles. The minimum absolute atomic E-state index is 0.326. The molecule has 0 unspecified atom stereocenters. The summed E-state index contributed by atoms with van der Waals surface area (Å²) in [6, 6.07) is 27.4. The van der Waals surface area contributed by atoms with Crippen molar-refractivity contribution in [1.82, 2.24) is 0 Å². The van der Waals surface area contributed by atoms with E-state index in [1.165, 1.54) is 0 Å². The van der Waals surface area contributed by atoms with Crippen LogP contribution in [0.4, 0.5) is 0 Å². The van der Waals surface area contributed by atoms with Crippen molar-refractivity contribution in [3.05, 3.63) is 72.8 Å². The molecule has 2 heteroatoms. The van der Waals surface area contributed by atoms with Crippen LogP contribution in [-0.2, 0) is 0 Å². The molecule has 0 N–H and O–H groups in total. The van der Waals surface area contributed by atoms with Crippen molar-refractivity contribution in [2.24, 2.45) is 0 Å². The lowest BCUT2D eigenvalue weighted by molar-refractivity contribution is 1.73. The zero-order chi connectivity index (χ0) is 13.1. The Labute approximate surface area is 121 Å². The molecule has 3 heterocycles. The lowest BCUT2D eigenvalue weighted by atomic mass is 10.3. The first-order valence-electron chi connectivity index (χ1n) is 6.90. The molecule has 3 aromatic rings. The van der Waals surface area contributed by atoms with E-state index in [0.717, 1.165) is 0 Å². The van der Waals surface area contributed by atoms with Crippen LogP contribution in [0.5, 0.6) is 0 Å². The normalized spacial score (nSPS) is 15.6. The van der Waals surface area contributed by atoms with Crippen molar-refractivity contribution in [3.63, 3.8) is 0 Å². The standard InChI is InChI=1S/C18H12PSi/c1-4-10-16-13(7-1)19-14-8-2-5-11-17(14)20(16)18-12-6-3-9-15(18)19/h1-12H. The quantitative estimate of drug-likeness (QED) is 0.289. The Kier molecular flexibility index (Phi) is 2.15. The van der Waals surface area contributed by atoms with E-state index in [-0.39, 0.29) is 7.92 Å². The molecule has 0 atom stereocenters. The Morgan fingerprint density at radius 3 is 1.25 bits per heavy atom. The highest BCUT2D eigenvalue weighted by Gasteiger charge is 2.41. The molecule has 0 saturated heterocycles. The van der Waals surface area contributed by atoms with Crippen LogP contribution in [0.1, 0.15) is 0 Å². The van der Waals surface area contributed by atoms with Gasteiger partial charge in [0.25, 0.3) is 0 Å². The van der Waals surface area contributed by atoms with Gasteiger partial charge in [0.15, 0.2) is 8.80 Å². The fourth-order valence-electron chi connectivity index (χ4n) is 3.46. The molecule has 3 aliphatic heterocycles. The molecule has 6 rings (SSSR count). The molecule has 0 aliphatic carbocycles. The van der Waals surface area contributed by atoms with E-state index < -0.39 is 8.80 Å². The molecule has 93 valence electrons. The Morgan fingerprint density at radius 1 is 0.500 bits per heavy atom.